The predicted octanol–water partition coefficient (Wildman–Crippen LogP) is 3.52. The third-order valence-electron chi connectivity index (χ3n) is 4.24. The van der Waals surface area contributed by atoms with Crippen molar-refractivity contribution in [1.82, 2.24) is 20.6 Å². The molecule has 0 aliphatic carbocycles. The summed E-state index contributed by atoms with van der Waals surface area (Å²) < 4.78 is 1.54. The van der Waals surface area contributed by atoms with Crippen molar-refractivity contribution in [2.24, 2.45) is 0 Å². The van der Waals surface area contributed by atoms with Gasteiger partial charge in [0.15, 0.2) is 0 Å². The highest BCUT2D eigenvalue weighted by atomic mass is 35.5. The van der Waals surface area contributed by atoms with Crippen molar-refractivity contribution in [3.05, 3.63) is 81.1 Å². The Morgan fingerprint density at radius 1 is 0.871 bits per heavy atom. The molecule has 8 nitrogen and oxygen atoms in total. The van der Waals surface area contributed by atoms with Crippen LogP contribution in [0.4, 0.5) is 5.69 Å². The summed E-state index contributed by atoms with van der Waals surface area (Å²) in [5, 5.41) is 7.59. The summed E-state index contributed by atoms with van der Waals surface area (Å²) in [6, 6.07) is 12.6. The van der Waals surface area contributed by atoms with Crippen LogP contribution in [0.15, 0.2) is 48.5 Å². The van der Waals surface area contributed by atoms with Crippen LogP contribution in [0.5, 0.6) is 0 Å². The summed E-state index contributed by atoms with van der Waals surface area (Å²) in [6.07, 6.45) is 0. The molecular weight excluding hydrogens is 441 g/mol. The molecule has 0 unspecified atom stereocenters. The molecule has 1 aromatic heterocycles. The minimum absolute atomic E-state index is 0.0154. The fourth-order valence-electron chi connectivity index (χ4n) is 2.80. The molecule has 3 rings (SSSR count). The fourth-order valence-corrected chi connectivity index (χ4v) is 3.33. The number of amides is 3. The molecule has 3 amide bonds. The maximum Gasteiger partial charge on any atom is 0.269 e. The van der Waals surface area contributed by atoms with Crippen LogP contribution in [0.3, 0.4) is 0 Å². The zero-order valence-corrected chi connectivity index (χ0v) is 18.2. The van der Waals surface area contributed by atoms with Crippen LogP contribution < -0.4 is 16.2 Å². The van der Waals surface area contributed by atoms with Gasteiger partial charge in [-0.1, -0.05) is 23.2 Å². The number of carbonyl (C=O) groups is 3. The summed E-state index contributed by atoms with van der Waals surface area (Å²) in [6.45, 7) is 3.66. The van der Waals surface area contributed by atoms with Crippen molar-refractivity contribution in [3.63, 3.8) is 0 Å². The first-order chi connectivity index (χ1) is 14.7. The first kappa shape index (κ1) is 22.3. The second-order valence-electron chi connectivity index (χ2n) is 6.78. The number of halogens is 2. The van der Waals surface area contributed by atoms with Crippen LogP contribution in [0.25, 0.3) is 0 Å². The number of anilines is 1. The Kier molecular flexibility index (Phi) is 6.94. The van der Waals surface area contributed by atoms with E-state index in [0.717, 1.165) is 11.4 Å². The number of nitrogens with zero attached hydrogens (tertiary/aromatic N) is 2. The minimum atomic E-state index is -0.499. The van der Waals surface area contributed by atoms with E-state index in [1.165, 1.54) is 30.3 Å². The van der Waals surface area contributed by atoms with E-state index >= 15 is 0 Å². The average molecular weight is 460 g/mol. The molecule has 0 fully saturated rings. The van der Waals surface area contributed by atoms with Crippen LogP contribution in [-0.2, 0) is 11.3 Å². The van der Waals surface area contributed by atoms with E-state index in [1.807, 2.05) is 19.9 Å². The van der Waals surface area contributed by atoms with Crippen LogP contribution in [0.2, 0.25) is 10.0 Å². The van der Waals surface area contributed by atoms with Crippen molar-refractivity contribution in [2.45, 2.75) is 20.4 Å². The fraction of sp³-hybridized carbons (Fsp3) is 0.143. The highest BCUT2D eigenvalue weighted by Gasteiger charge is 2.12. The number of aryl methyl sites for hydroxylation is 2. The Hall–Kier alpha value is -3.36. The van der Waals surface area contributed by atoms with E-state index in [0.29, 0.717) is 26.9 Å². The average Bonchev–Trinajstić information content (AvgIpc) is 3.02. The lowest BCUT2D eigenvalue weighted by molar-refractivity contribution is -0.122. The summed E-state index contributed by atoms with van der Waals surface area (Å²) in [5.41, 5.74) is 7.44. The van der Waals surface area contributed by atoms with Gasteiger partial charge in [0.2, 0.25) is 0 Å². The molecule has 0 saturated heterocycles. The number of hydrazine groups is 1. The highest BCUT2D eigenvalue weighted by molar-refractivity contribution is 6.35. The molecular formula is C21H19Cl2N5O3. The van der Waals surface area contributed by atoms with Crippen molar-refractivity contribution < 1.29 is 14.4 Å². The Balaban J connectivity index is 1.54. The highest BCUT2D eigenvalue weighted by Crippen LogP contribution is 2.20. The van der Waals surface area contributed by atoms with E-state index in [2.05, 4.69) is 21.3 Å². The molecule has 0 radical (unpaired) electrons. The zero-order chi connectivity index (χ0) is 22.5. The van der Waals surface area contributed by atoms with Crippen molar-refractivity contribution in [2.75, 3.05) is 5.32 Å². The van der Waals surface area contributed by atoms with Crippen LogP contribution >= 0.6 is 23.2 Å². The Labute approximate surface area is 188 Å². The topological polar surface area (TPSA) is 105 Å². The lowest BCUT2D eigenvalue weighted by atomic mass is 10.1. The normalized spacial score (nSPS) is 10.5. The lowest BCUT2D eigenvalue weighted by Gasteiger charge is -2.10. The third kappa shape index (κ3) is 6.07. The van der Waals surface area contributed by atoms with Gasteiger partial charge in [0.25, 0.3) is 17.7 Å². The number of benzene rings is 2. The van der Waals surface area contributed by atoms with Gasteiger partial charge in [0.1, 0.15) is 6.54 Å². The van der Waals surface area contributed by atoms with Crippen molar-refractivity contribution in [1.29, 1.82) is 0 Å². The predicted molar refractivity (Wildman–Crippen MR) is 118 cm³/mol. The van der Waals surface area contributed by atoms with Crippen LogP contribution in [0, 0.1) is 13.8 Å². The molecule has 0 saturated carbocycles. The molecule has 160 valence electrons. The Morgan fingerprint density at radius 3 is 2.10 bits per heavy atom. The van der Waals surface area contributed by atoms with Gasteiger partial charge < -0.3 is 5.32 Å². The first-order valence-electron chi connectivity index (χ1n) is 9.19. The summed E-state index contributed by atoms with van der Waals surface area (Å²) in [7, 11) is 0. The Bertz CT molecular complexity index is 1120. The first-order valence-corrected chi connectivity index (χ1v) is 9.94. The maximum absolute atomic E-state index is 12.3. The second kappa shape index (κ2) is 9.63. The SMILES string of the molecule is Cc1cc(C)n(CC(=O)NNC(=O)c2ccc(NC(=O)c3cc(Cl)cc(Cl)c3)cc2)n1. The van der Waals surface area contributed by atoms with E-state index in [4.69, 9.17) is 23.2 Å². The monoisotopic (exact) mass is 459 g/mol. The summed E-state index contributed by atoms with van der Waals surface area (Å²) in [4.78, 5) is 36.6. The lowest BCUT2D eigenvalue weighted by Crippen LogP contribution is -2.43. The number of aromatic nitrogens is 2. The van der Waals surface area contributed by atoms with Crippen molar-refractivity contribution >= 4 is 46.6 Å². The second-order valence-corrected chi connectivity index (χ2v) is 7.65. The van der Waals surface area contributed by atoms with Gasteiger partial charge in [-0.05, 0) is 62.4 Å². The summed E-state index contributed by atoms with van der Waals surface area (Å²) in [5.74, 6) is -1.30. The van der Waals surface area contributed by atoms with E-state index < -0.39 is 17.7 Å². The van der Waals surface area contributed by atoms with Gasteiger partial charge >= 0.3 is 0 Å². The van der Waals surface area contributed by atoms with Gasteiger partial charge in [0, 0.05) is 32.6 Å². The smallest absolute Gasteiger partial charge is 0.269 e. The van der Waals surface area contributed by atoms with Gasteiger partial charge in [0.05, 0.1) is 5.69 Å². The molecule has 3 aromatic rings. The number of carbonyl (C=O) groups excluding carboxylic acids is 3. The van der Waals surface area contributed by atoms with E-state index in [9.17, 15) is 14.4 Å². The quantitative estimate of drug-likeness (QED) is 0.507. The molecule has 0 aliphatic rings. The minimum Gasteiger partial charge on any atom is -0.322 e. The van der Waals surface area contributed by atoms with Gasteiger partial charge in [-0.2, -0.15) is 5.10 Å². The van der Waals surface area contributed by atoms with Crippen molar-refractivity contribution in [3.8, 4) is 0 Å². The molecule has 31 heavy (non-hydrogen) atoms. The molecule has 1 heterocycles. The van der Waals surface area contributed by atoms with Gasteiger partial charge in [-0.25, -0.2) is 0 Å². The number of hydrogen-bond acceptors (Lipinski definition) is 4. The van der Waals surface area contributed by atoms with Gasteiger partial charge in [-0.15, -0.1) is 0 Å². The summed E-state index contributed by atoms with van der Waals surface area (Å²) >= 11 is 11.8. The standard InChI is InChI=1S/C21H19Cl2N5O3/c1-12-7-13(2)28(27-12)11-19(29)25-26-21(31)14-3-5-18(6-4-14)24-20(30)15-8-16(22)10-17(23)9-15/h3-10H,11H2,1-2H3,(H,24,30)(H,25,29)(H,26,31). The molecule has 10 heteroatoms. The largest absolute Gasteiger partial charge is 0.322 e. The van der Waals surface area contributed by atoms with E-state index in [-0.39, 0.29) is 6.54 Å². The number of nitrogens with one attached hydrogen (secondary N) is 3. The molecule has 0 spiro atoms. The zero-order valence-electron chi connectivity index (χ0n) is 16.7. The molecule has 2 aromatic carbocycles. The molecule has 3 N–H and O–H groups in total. The van der Waals surface area contributed by atoms with Crippen LogP contribution in [-0.4, -0.2) is 27.5 Å². The van der Waals surface area contributed by atoms with Gasteiger partial charge in [-0.3, -0.25) is 29.9 Å². The number of hydrogen-bond donors (Lipinski definition) is 3. The molecule has 0 bridgehead atoms. The Morgan fingerprint density at radius 2 is 1.52 bits per heavy atom. The molecule has 0 aliphatic heterocycles. The number of rotatable bonds is 5. The van der Waals surface area contributed by atoms with E-state index in [1.54, 1.807) is 16.8 Å². The third-order valence-corrected chi connectivity index (χ3v) is 4.68. The van der Waals surface area contributed by atoms with Crippen LogP contribution in [0.1, 0.15) is 32.1 Å². The molecule has 0 atom stereocenters. The maximum atomic E-state index is 12.3.